The normalized spacial score (nSPS) is 30.8. The molecule has 0 radical (unpaired) electrons. The maximum atomic E-state index is 12.6. The molecule has 2 atom stereocenters. The first-order chi connectivity index (χ1) is 8.87. The van der Waals surface area contributed by atoms with Crippen molar-refractivity contribution in [3.8, 4) is 0 Å². The first-order valence-electron chi connectivity index (χ1n) is 6.60. The molecule has 0 spiro atoms. The quantitative estimate of drug-likeness (QED) is 0.762. The van der Waals surface area contributed by atoms with Crippen molar-refractivity contribution < 1.29 is 4.79 Å². The zero-order valence-corrected chi connectivity index (χ0v) is 12.6. The molecule has 2 aliphatic carbocycles. The SMILES string of the molecule is CN(C(=O)C1(C)CC1(Cl)Cl)C1CCc2ccccc21. The molecule has 0 aromatic heterocycles. The van der Waals surface area contributed by atoms with Gasteiger partial charge in [0.15, 0.2) is 0 Å². The molecule has 3 rings (SSSR count). The number of hydrogen-bond acceptors (Lipinski definition) is 1. The van der Waals surface area contributed by atoms with Crippen molar-refractivity contribution in [1.29, 1.82) is 0 Å². The number of amides is 1. The summed E-state index contributed by atoms with van der Waals surface area (Å²) in [7, 11) is 1.86. The van der Waals surface area contributed by atoms with Crippen LogP contribution in [0.25, 0.3) is 0 Å². The van der Waals surface area contributed by atoms with Crippen LogP contribution in [0, 0.1) is 5.41 Å². The van der Waals surface area contributed by atoms with Crippen molar-refractivity contribution in [3.05, 3.63) is 35.4 Å². The molecule has 1 aromatic rings. The van der Waals surface area contributed by atoms with Gasteiger partial charge in [-0.3, -0.25) is 4.79 Å². The van der Waals surface area contributed by atoms with Crippen LogP contribution in [0.3, 0.4) is 0 Å². The van der Waals surface area contributed by atoms with Gasteiger partial charge in [0.25, 0.3) is 0 Å². The van der Waals surface area contributed by atoms with Crippen LogP contribution in [0.1, 0.15) is 36.9 Å². The van der Waals surface area contributed by atoms with Crippen LogP contribution in [0.2, 0.25) is 0 Å². The molecule has 0 saturated heterocycles. The minimum atomic E-state index is -0.892. The third-order valence-electron chi connectivity index (χ3n) is 4.62. The van der Waals surface area contributed by atoms with E-state index >= 15 is 0 Å². The largest absolute Gasteiger partial charge is 0.338 e. The van der Waals surface area contributed by atoms with E-state index < -0.39 is 9.75 Å². The monoisotopic (exact) mass is 297 g/mol. The van der Waals surface area contributed by atoms with Gasteiger partial charge in [0.1, 0.15) is 4.33 Å². The fourth-order valence-corrected chi connectivity index (χ4v) is 3.80. The Balaban J connectivity index is 1.83. The maximum absolute atomic E-state index is 12.6. The van der Waals surface area contributed by atoms with Gasteiger partial charge < -0.3 is 4.90 Å². The number of carbonyl (C=O) groups excluding carboxylic acids is 1. The highest BCUT2D eigenvalue weighted by Gasteiger charge is 2.68. The second kappa shape index (κ2) is 4.13. The van der Waals surface area contributed by atoms with Crippen LogP contribution in [-0.2, 0) is 11.2 Å². The Morgan fingerprint density at radius 3 is 2.63 bits per heavy atom. The van der Waals surface area contributed by atoms with Gasteiger partial charge in [-0.15, -0.1) is 23.2 Å². The molecule has 0 heterocycles. The van der Waals surface area contributed by atoms with E-state index in [0.29, 0.717) is 6.42 Å². The van der Waals surface area contributed by atoms with Gasteiger partial charge in [-0.05, 0) is 37.3 Å². The van der Waals surface area contributed by atoms with Gasteiger partial charge >= 0.3 is 0 Å². The summed E-state index contributed by atoms with van der Waals surface area (Å²) in [6.07, 6.45) is 2.55. The molecule has 2 nitrogen and oxygen atoms in total. The average Bonchev–Trinajstić information content (AvgIpc) is 2.77. The highest BCUT2D eigenvalue weighted by atomic mass is 35.5. The fraction of sp³-hybridized carbons (Fsp3) is 0.533. The lowest BCUT2D eigenvalue weighted by Gasteiger charge is -2.29. The smallest absolute Gasteiger partial charge is 0.231 e. The number of carbonyl (C=O) groups is 1. The van der Waals surface area contributed by atoms with Crippen LogP contribution in [0.4, 0.5) is 0 Å². The van der Waals surface area contributed by atoms with Gasteiger partial charge in [0.05, 0.1) is 11.5 Å². The second-order valence-electron chi connectivity index (χ2n) is 5.88. The van der Waals surface area contributed by atoms with E-state index in [2.05, 4.69) is 12.1 Å². The Kier molecular flexibility index (Phi) is 2.88. The molecule has 1 amide bonds. The summed E-state index contributed by atoms with van der Waals surface area (Å²) in [6, 6.07) is 8.49. The predicted molar refractivity (Wildman–Crippen MR) is 77.4 cm³/mol. The van der Waals surface area contributed by atoms with Gasteiger partial charge in [-0.1, -0.05) is 24.3 Å². The van der Waals surface area contributed by atoms with Crippen molar-refractivity contribution in [1.82, 2.24) is 4.90 Å². The summed E-state index contributed by atoms with van der Waals surface area (Å²) in [6.45, 7) is 1.85. The Labute approximate surface area is 123 Å². The molecule has 0 bridgehead atoms. The number of nitrogens with zero attached hydrogens (tertiary/aromatic N) is 1. The fourth-order valence-electron chi connectivity index (χ4n) is 3.10. The van der Waals surface area contributed by atoms with E-state index in [9.17, 15) is 4.79 Å². The number of rotatable bonds is 2. The number of aryl methyl sites for hydroxylation is 1. The molecule has 1 saturated carbocycles. The number of hydrogen-bond donors (Lipinski definition) is 0. The second-order valence-corrected chi connectivity index (χ2v) is 7.37. The zero-order valence-electron chi connectivity index (χ0n) is 11.1. The first-order valence-corrected chi connectivity index (χ1v) is 7.35. The van der Waals surface area contributed by atoms with E-state index in [1.54, 1.807) is 0 Å². The topological polar surface area (TPSA) is 20.3 Å². The first kappa shape index (κ1) is 13.3. The summed E-state index contributed by atoms with van der Waals surface area (Å²) in [4.78, 5) is 14.4. The molecule has 2 aliphatic rings. The molecule has 4 heteroatoms. The molecule has 0 N–H and O–H groups in total. The van der Waals surface area contributed by atoms with E-state index in [-0.39, 0.29) is 11.9 Å². The molecule has 0 aliphatic heterocycles. The van der Waals surface area contributed by atoms with Crippen LogP contribution in [0.5, 0.6) is 0 Å². The maximum Gasteiger partial charge on any atom is 0.231 e. The predicted octanol–water partition coefficient (Wildman–Crippen LogP) is 3.72. The van der Waals surface area contributed by atoms with Crippen LogP contribution in [-0.4, -0.2) is 22.2 Å². The van der Waals surface area contributed by atoms with Gasteiger partial charge in [-0.25, -0.2) is 0 Å². The van der Waals surface area contributed by atoms with Crippen LogP contribution in [0.15, 0.2) is 24.3 Å². The third kappa shape index (κ3) is 1.88. The molecule has 1 fully saturated rings. The van der Waals surface area contributed by atoms with Crippen molar-refractivity contribution >= 4 is 29.1 Å². The Morgan fingerprint density at radius 2 is 2.00 bits per heavy atom. The summed E-state index contributed by atoms with van der Waals surface area (Å²) in [5.74, 6) is 0.0548. The summed E-state index contributed by atoms with van der Waals surface area (Å²) in [5, 5.41) is 0. The zero-order chi connectivity index (χ0) is 13.8. The molecule has 19 heavy (non-hydrogen) atoms. The number of alkyl halides is 2. The van der Waals surface area contributed by atoms with Gasteiger partial charge in [-0.2, -0.15) is 0 Å². The highest BCUT2D eigenvalue weighted by Crippen LogP contribution is 2.64. The van der Waals surface area contributed by atoms with Gasteiger partial charge in [0.2, 0.25) is 5.91 Å². The third-order valence-corrected chi connectivity index (χ3v) is 5.72. The standard InChI is InChI=1S/C15H17Cl2NO/c1-14(9-15(14,16)17)13(19)18(2)12-8-7-10-5-3-4-6-11(10)12/h3-6,12H,7-9H2,1-2H3. The lowest BCUT2D eigenvalue weighted by molar-refractivity contribution is -0.137. The Bertz CT molecular complexity index is 543. The Morgan fingerprint density at radius 1 is 1.37 bits per heavy atom. The number of halogens is 2. The minimum Gasteiger partial charge on any atom is -0.338 e. The van der Waals surface area contributed by atoms with E-state index in [1.165, 1.54) is 11.1 Å². The van der Waals surface area contributed by atoms with Crippen molar-refractivity contribution in [2.45, 2.75) is 36.6 Å². The summed E-state index contributed by atoms with van der Waals surface area (Å²) < 4.78 is -0.892. The number of fused-ring (bicyclic) bond motifs is 1. The average molecular weight is 298 g/mol. The van der Waals surface area contributed by atoms with Crippen molar-refractivity contribution in [3.63, 3.8) is 0 Å². The minimum absolute atomic E-state index is 0.0548. The molecular formula is C15H17Cl2NO. The number of benzene rings is 1. The van der Waals surface area contributed by atoms with Crippen LogP contribution >= 0.6 is 23.2 Å². The van der Waals surface area contributed by atoms with Crippen molar-refractivity contribution in [2.24, 2.45) is 5.41 Å². The molecule has 1 aromatic carbocycles. The van der Waals surface area contributed by atoms with Crippen LogP contribution < -0.4 is 0 Å². The molecular weight excluding hydrogens is 281 g/mol. The van der Waals surface area contributed by atoms with Crippen molar-refractivity contribution in [2.75, 3.05) is 7.05 Å². The van der Waals surface area contributed by atoms with Gasteiger partial charge in [0, 0.05) is 7.05 Å². The molecule has 102 valence electrons. The summed E-state index contributed by atoms with van der Waals surface area (Å²) >= 11 is 12.2. The van der Waals surface area contributed by atoms with E-state index in [0.717, 1.165) is 12.8 Å². The van der Waals surface area contributed by atoms with E-state index in [4.69, 9.17) is 23.2 Å². The summed E-state index contributed by atoms with van der Waals surface area (Å²) in [5.41, 5.74) is 1.98. The highest BCUT2D eigenvalue weighted by molar-refractivity contribution is 6.53. The van der Waals surface area contributed by atoms with E-state index in [1.807, 2.05) is 31.0 Å². The Hall–Kier alpha value is -0.730. The molecule has 2 unspecified atom stereocenters. The lowest BCUT2D eigenvalue weighted by Crippen LogP contribution is -2.37. The lowest BCUT2D eigenvalue weighted by atomic mass is 10.0.